The molecule has 82 valence electrons. The summed E-state index contributed by atoms with van der Waals surface area (Å²) in [7, 11) is 0. The van der Waals surface area contributed by atoms with Crippen molar-refractivity contribution in [2.75, 3.05) is 0 Å². The number of primary amides is 1. The van der Waals surface area contributed by atoms with Crippen LogP contribution in [0.4, 0.5) is 0 Å². The second kappa shape index (κ2) is 5.09. The predicted molar refractivity (Wildman–Crippen MR) is 65.8 cm³/mol. The first-order valence-electron chi connectivity index (χ1n) is 3.97. The fourth-order valence-electron chi connectivity index (χ4n) is 0.841. The van der Waals surface area contributed by atoms with E-state index < -0.39 is 11.9 Å². The summed E-state index contributed by atoms with van der Waals surface area (Å²) in [6.07, 6.45) is 0. The number of hydrogen-bond acceptors (Lipinski definition) is 3. The van der Waals surface area contributed by atoms with Gasteiger partial charge in [0.1, 0.15) is 6.04 Å². The van der Waals surface area contributed by atoms with E-state index in [2.05, 4.69) is 37.2 Å². The van der Waals surface area contributed by atoms with Gasteiger partial charge in [-0.1, -0.05) is 0 Å². The van der Waals surface area contributed by atoms with Gasteiger partial charge in [-0.05, 0) is 44.8 Å². The number of carbonyl (C=O) groups excluding carboxylic acids is 2. The van der Waals surface area contributed by atoms with Crippen molar-refractivity contribution in [3.63, 3.8) is 0 Å². The van der Waals surface area contributed by atoms with Gasteiger partial charge in [0.25, 0.3) is 5.91 Å². The Kier molecular flexibility index (Phi) is 4.30. The largest absolute Gasteiger partial charge is 0.368 e. The quantitative estimate of drug-likeness (QED) is 0.868. The van der Waals surface area contributed by atoms with Crippen LogP contribution in [-0.2, 0) is 4.79 Å². The lowest BCUT2D eigenvalue weighted by atomic mass is 10.2. The van der Waals surface area contributed by atoms with E-state index in [1.165, 1.54) is 18.3 Å². The van der Waals surface area contributed by atoms with E-state index in [0.29, 0.717) is 9.35 Å². The molecule has 1 rings (SSSR count). The van der Waals surface area contributed by atoms with Gasteiger partial charge in [-0.3, -0.25) is 9.59 Å². The third-order valence-corrected chi connectivity index (χ3v) is 4.01. The van der Waals surface area contributed by atoms with Gasteiger partial charge in [-0.15, -0.1) is 11.3 Å². The van der Waals surface area contributed by atoms with Gasteiger partial charge in [-0.2, -0.15) is 0 Å². The number of thiophene rings is 1. The van der Waals surface area contributed by atoms with Crippen LogP contribution >= 0.6 is 43.2 Å². The van der Waals surface area contributed by atoms with Crippen molar-refractivity contribution in [3.8, 4) is 0 Å². The van der Waals surface area contributed by atoms with Crippen molar-refractivity contribution in [1.82, 2.24) is 5.32 Å². The van der Waals surface area contributed by atoms with E-state index in [0.717, 1.165) is 3.79 Å². The lowest BCUT2D eigenvalue weighted by Crippen LogP contribution is -2.42. The summed E-state index contributed by atoms with van der Waals surface area (Å²) in [5.41, 5.74) is 5.52. The van der Waals surface area contributed by atoms with Gasteiger partial charge in [0, 0.05) is 0 Å². The molecule has 0 saturated heterocycles. The normalized spacial score (nSPS) is 12.2. The second-order valence-corrected chi connectivity index (χ2v) is 6.58. The molecule has 1 aromatic heterocycles. The first-order valence-corrected chi connectivity index (χ1v) is 6.37. The third kappa shape index (κ3) is 3.29. The zero-order chi connectivity index (χ0) is 11.6. The minimum Gasteiger partial charge on any atom is -0.368 e. The molecule has 0 aromatic carbocycles. The highest BCUT2D eigenvalue weighted by Gasteiger charge is 2.17. The van der Waals surface area contributed by atoms with Crippen molar-refractivity contribution in [2.45, 2.75) is 13.0 Å². The van der Waals surface area contributed by atoms with E-state index >= 15 is 0 Å². The van der Waals surface area contributed by atoms with Crippen molar-refractivity contribution in [3.05, 3.63) is 19.2 Å². The molecule has 1 heterocycles. The highest BCUT2D eigenvalue weighted by Crippen LogP contribution is 2.31. The van der Waals surface area contributed by atoms with Crippen molar-refractivity contribution < 1.29 is 9.59 Å². The molecule has 0 saturated carbocycles. The van der Waals surface area contributed by atoms with Gasteiger partial charge in [0.15, 0.2) is 0 Å². The van der Waals surface area contributed by atoms with E-state index in [-0.39, 0.29) is 5.91 Å². The van der Waals surface area contributed by atoms with Crippen LogP contribution in [0.3, 0.4) is 0 Å². The molecular formula is C8H8Br2N2O2S. The molecule has 7 heteroatoms. The molecule has 0 aliphatic heterocycles. The standard InChI is InChI=1S/C8H8Br2N2O2S/c1-3(7(11)13)12-8(14)4-2-5(9)15-6(4)10/h2-3H,1H3,(H2,11,13)(H,12,14)/t3-/m0/s1. The van der Waals surface area contributed by atoms with E-state index in [1.54, 1.807) is 6.07 Å². The molecule has 0 radical (unpaired) electrons. The summed E-state index contributed by atoms with van der Waals surface area (Å²) in [5, 5.41) is 2.49. The molecule has 0 spiro atoms. The molecule has 4 nitrogen and oxygen atoms in total. The molecule has 1 atom stereocenters. The van der Waals surface area contributed by atoms with Crippen LogP contribution in [0.25, 0.3) is 0 Å². The fraction of sp³-hybridized carbons (Fsp3) is 0.250. The van der Waals surface area contributed by atoms with Crippen molar-refractivity contribution in [2.24, 2.45) is 5.73 Å². The van der Waals surface area contributed by atoms with Crippen molar-refractivity contribution in [1.29, 1.82) is 0 Å². The molecule has 3 N–H and O–H groups in total. The third-order valence-electron chi connectivity index (χ3n) is 1.68. The first kappa shape index (κ1) is 12.7. The van der Waals surface area contributed by atoms with Crippen LogP contribution in [0.1, 0.15) is 17.3 Å². The second-order valence-electron chi connectivity index (χ2n) is 2.84. The summed E-state index contributed by atoms with van der Waals surface area (Å²) in [5.74, 6) is -0.885. The number of carbonyl (C=O) groups is 2. The fourth-order valence-corrected chi connectivity index (χ4v) is 3.63. The molecule has 15 heavy (non-hydrogen) atoms. The van der Waals surface area contributed by atoms with Gasteiger partial charge in [-0.25, -0.2) is 0 Å². The van der Waals surface area contributed by atoms with Crippen molar-refractivity contribution >= 4 is 55.0 Å². The molecule has 0 fully saturated rings. The van der Waals surface area contributed by atoms with Crippen LogP contribution in [-0.4, -0.2) is 17.9 Å². The maximum Gasteiger partial charge on any atom is 0.253 e. The average Bonchev–Trinajstić information content (AvgIpc) is 2.44. The van der Waals surface area contributed by atoms with E-state index in [9.17, 15) is 9.59 Å². The van der Waals surface area contributed by atoms with Gasteiger partial charge in [0.2, 0.25) is 5.91 Å². The summed E-state index contributed by atoms with van der Waals surface area (Å²) in [4.78, 5) is 22.4. The Morgan fingerprint density at radius 1 is 1.53 bits per heavy atom. The zero-order valence-corrected chi connectivity index (χ0v) is 11.7. The number of rotatable bonds is 3. The Balaban J connectivity index is 2.77. The minimum absolute atomic E-state index is 0.324. The zero-order valence-electron chi connectivity index (χ0n) is 7.71. The molecular weight excluding hydrogens is 348 g/mol. The lowest BCUT2D eigenvalue weighted by Gasteiger charge is -2.08. The van der Waals surface area contributed by atoms with Crippen LogP contribution in [0.5, 0.6) is 0 Å². The van der Waals surface area contributed by atoms with E-state index in [4.69, 9.17) is 5.73 Å². The number of nitrogens with two attached hydrogens (primary N) is 1. The lowest BCUT2D eigenvalue weighted by molar-refractivity contribution is -0.119. The highest BCUT2D eigenvalue weighted by molar-refractivity contribution is 9.12. The number of amides is 2. The molecule has 1 aromatic rings. The molecule has 0 aliphatic rings. The average molecular weight is 356 g/mol. The van der Waals surface area contributed by atoms with Crippen LogP contribution in [0.15, 0.2) is 13.6 Å². The van der Waals surface area contributed by atoms with Gasteiger partial charge in [0.05, 0.1) is 13.1 Å². The van der Waals surface area contributed by atoms with Crippen LogP contribution < -0.4 is 11.1 Å². The first-order chi connectivity index (χ1) is 6.91. The Bertz CT molecular complexity index is 405. The maximum atomic E-state index is 11.6. The summed E-state index contributed by atoms with van der Waals surface area (Å²) < 4.78 is 1.55. The van der Waals surface area contributed by atoms with Gasteiger partial charge >= 0.3 is 0 Å². The van der Waals surface area contributed by atoms with Crippen LogP contribution in [0, 0.1) is 0 Å². The number of nitrogens with one attached hydrogen (secondary N) is 1. The highest BCUT2D eigenvalue weighted by atomic mass is 79.9. The van der Waals surface area contributed by atoms with Crippen LogP contribution in [0.2, 0.25) is 0 Å². The monoisotopic (exact) mass is 354 g/mol. The summed E-state index contributed by atoms with van der Waals surface area (Å²) in [6, 6.07) is 1.00. The predicted octanol–water partition coefficient (Wildman–Crippen LogP) is 1.88. The summed E-state index contributed by atoms with van der Waals surface area (Å²) in [6.45, 7) is 1.54. The van der Waals surface area contributed by atoms with E-state index in [1.807, 2.05) is 0 Å². The summed E-state index contributed by atoms with van der Waals surface area (Å²) >= 11 is 7.91. The smallest absolute Gasteiger partial charge is 0.253 e. The molecule has 2 amide bonds. The topological polar surface area (TPSA) is 72.2 Å². The Morgan fingerprint density at radius 3 is 2.53 bits per heavy atom. The Hall–Kier alpha value is -0.400. The molecule has 0 bridgehead atoms. The SMILES string of the molecule is C[C@H](NC(=O)c1cc(Br)sc1Br)C(N)=O. The minimum atomic E-state index is -0.678. The number of halogens is 2. The Morgan fingerprint density at radius 2 is 2.13 bits per heavy atom. The molecule has 0 aliphatic carbocycles. The number of hydrogen-bond donors (Lipinski definition) is 2. The molecule has 0 unspecified atom stereocenters. The maximum absolute atomic E-state index is 11.6. The van der Waals surface area contributed by atoms with Gasteiger partial charge < -0.3 is 11.1 Å². The Labute approximate surface area is 107 Å².